The number of fused-ring (bicyclic) bond motifs is 5. The number of hydrogen-bond acceptors (Lipinski definition) is 6. The summed E-state index contributed by atoms with van der Waals surface area (Å²) in [5.74, 6) is 1.02. The van der Waals surface area contributed by atoms with Gasteiger partial charge in [-0.2, -0.15) is 9.13 Å². The number of aliphatic hydroxyl groups excluding tert-OH is 1. The second-order valence-corrected chi connectivity index (χ2v) is 21.7. The van der Waals surface area contributed by atoms with Crippen LogP contribution in [0, 0.1) is 46.3 Å². The van der Waals surface area contributed by atoms with Gasteiger partial charge in [-0.1, -0.05) is 136 Å². The van der Waals surface area contributed by atoms with E-state index >= 15 is 0 Å². The topological polar surface area (TPSA) is 110 Å². The molecule has 4 aliphatic carbocycles. The van der Waals surface area contributed by atoms with Crippen molar-refractivity contribution in [3.63, 3.8) is 0 Å². The summed E-state index contributed by atoms with van der Waals surface area (Å²) < 4.78 is 16.5. The van der Waals surface area contributed by atoms with E-state index in [9.17, 15) is 19.5 Å². The van der Waals surface area contributed by atoms with Crippen LogP contribution in [-0.2, 0) is 36.9 Å². The van der Waals surface area contributed by atoms with Gasteiger partial charge in [0.05, 0.1) is 6.10 Å². The van der Waals surface area contributed by atoms with Crippen LogP contribution in [0.1, 0.15) is 188 Å². The minimum Gasteiger partial charge on any atom is -0.458 e. The molecule has 11 atom stereocenters. The van der Waals surface area contributed by atoms with Crippen LogP contribution in [0.15, 0.2) is 61.2 Å². The van der Waals surface area contributed by atoms with Crippen molar-refractivity contribution in [3.05, 3.63) is 61.2 Å². The monoisotopic (exact) mass is 900 g/mol. The molecule has 0 bridgehead atoms. The molecule has 0 aromatic carbocycles. The van der Waals surface area contributed by atoms with Crippen molar-refractivity contribution in [2.45, 2.75) is 220 Å². The molecule has 4 aliphatic rings. The standard InChI is InChI=1S/C56H88N3O6/c1-5-6-7-8-9-10-11-12-13-14-15-16-17-18-19-22-33-57-51(61)30-27-43(2)46-28-29-47-54-48(40-50(60)56(46,47)4)55(3)32-31-45(64-52(62)41-58-34-23-20-24-35-58)38-44(55)39-49(54)65-53(63)42-59-36-25-21-26-37-59/h20-21,23-26,34-37,43-50,54,60H,5-19,22,27-33,38-42H2,1-4H3/q+1/p+1/t43-,44+,45-,46-,47+,48+,49-,50+,54+,55+,56-/m1/s1. The lowest BCUT2D eigenvalue weighted by Gasteiger charge is -2.63. The number of unbranched alkanes of at least 4 members (excludes halogenated alkanes) is 15. The fraction of sp³-hybridized carbons (Fsp3) is 0.768. The molecule has 2 N–H and O–H groups in total. The first kappa shape index (κ1) is 51.1. The summed E-state index contributed by atoms with van der Waals surface area (Å²) in [6.07, 6.45) is 35.4. The molecule has 0 saturated heterocycles. The first-order valence-corrected chi connectivity index (χ1v) is 26.7. The molecule has 0 unspecified atom stereocenters. The number of aliphatic hydroxyl groups is 1. The normalized spacial score (nSPS) is 29.8. The fourth-order valence-electron chi connectivity index (χ4n) is 13.7. The second kappa shape index (κ2) is 25.7. The number of nitrogens with one attached hydrogen (secondary N) is 1. The smallest absolute Gasteiger partial charge is 0.372 e. The number of pyridine rings is 2. The average molecular weight is 900 g/mol. The van der Waals surface area contributed by atoms with Crippen molar-refractivity contribution in [1.82, 2.24) is 5.32 Å². The van der Waals surface area contributed by atoms with Gasteiger partial charge in [-0.05, 0) is 98.2 Å². The first-order valence-electron chi connectivity index (χ1n) is 26.7. The zero-order valence-corrected chi connectivity index (χ0v) is 41.2. The van der Waals surface area contributed by atoms with Gasteiger partial charge in [-0.15, -0.1) is 0 Å². The number of esters is 2. The molecule has 6 rings (SSSR count). The van der Waals surface area contributed by atoms with Gasteiger partial charge in [0.1, 0.15) is 12.2 Å². The van der Waals surface area contributed by atoms with Crippen LogP contribution in [0.2, 0.25) is 0 Å². The Labute approximate surface area is 393 Å². The van der Waals surface area contributed by atoms with E-state index in [1.165, 1.54) is 96.3 Å². The molecule has 2 aromatic heterocycles. The third-order valence-electron chi connectivity index (χ3n) is 17.4. The van der Waals surface area contributed by atoms with Crippen LogP contribution in [-0.4, -0.2) is 47.8 Å². The van der Waals surface area contributed by atoms with Crippen LogP contribution in [0.5, 0.6) is 0 Å². The van der Waals surface area contributed by atoms with Crippen LogP contribution in [0.3, 0.4) is 0 Å². The lowest BCUT2D eigenvalue weighted by atomic mass is 9.43. The van der Waals surface area contributed by atoms with Gasteiger partial charge in [-0.3, -0.25) is 4.79 Å². The van der Waals surface area contributed by atoms with Gasteiger partial charge in [0.15, 0.2) is 24.8 Å². The molecule has 65 heavy (non-hydrogen) atoms. The van der Waals surface area contributed by atoms with Crippen LogP contribution >= 0.6 is 0 Å². The van der Waals surface area contributed by atoms with Crippen LogP contribution < -0.4 is 14.5 Å². The molecular formula is C56H89N3O6+2. The van der Waals surface area contributed by atoms with Crippen molar-refractivity contribution in [2.75, 3.05) is 6.54 Å². The average Bonchev–Trinajstić information content (AvgIpc) is 3.66. The number of amides is 1. The molecule has 9 heteroatoms. The molecule has 4 fully saturated rings. The summed E-state index contributed by atoms with van der Waals surface area (Å²) in [5, 5.41) is 15.6. The Bertz CT molecular complexity index is 1730. The molecule has 1 amide bonds. The van der Waals surface area contributed by atoms with Gasteiger partial charge < -0.3 is 19.9 Å². The molecule has 0 spiro atoms. The highest BCUT2D eigenvalue weighted by Crippen LogP contribution is 2.69. The molecule has 9 nitrogen and oxygen atoms in total. The van der Waals surface area contributed by atoms with Gasteiger partial charge in [0.25, 0.3) is 0 Å². The molecular weight excluding hydrogens is 811 g/mol. The highest BCUT2D eigenvalue weighted by Gasteiger charge is 2.66. The third kappa shape index (κ3) is 14.1. The number of aromatic nitrogens is 2. The Morgan fingerprint density at radius 2 is 1.22 bits per heavy atom. The van der Waals surface area contributed by atoms with E-state index in [1.807, 2.05) is 70.3 Å². The zero-order chi connectivity index (χ0) is 46.1. The summed E-state index contributed by atoms with van der Waals surface area (Å²) in [5.41, 5.74) is -0.385. The number of ether oxygens (including phenoxy) is 2. The number of carbonyl (C=O) groups is 3. The van der Waals surface area contributed by atoms with Crippen molar-refractivity contribution in [3.8, 4) is 0 Å². The Balaban J connectivity index is 0.970. The minimum absolute atomic E-state index is 0.0602. The predicted octanol–water partition coefficient (Wildman–Crippen LogP) is 10.8. The SMILES string of the molecule is CCCCCCCCCCCCCCCCCCNC(=O)CC[C@@H](C)[C@H]1CC[C@H]2[C@@H]3[C@H](OC(=O)C[n+]4ccccc4)C[C@@H]4C[C@H](OC(=O)C[n+]5ccccc5)CC[C@]4(C)[C@H]3C[C@H](O)[C@]12C. The summed E-state index contributed by atoms with van der Waals surface area (Å²) in [6, 6.07) is 11.5. The van der Waals surface area contributed by atoms with Crippen molar-refractivity contribution in [1.29, 1.82) is 0 Å². The minimum atomic E-state index is -0.474. The summed E-state index contributed by atoms with van der Waals surface area (Å²) in [4.78, 5) is 40.0. The van der Waals surface area contributed by atoms with E-state index in [0.29, 0.717) is 18.8 Å². The maximum absolute atomic E-state index is 13.8. The van der Waals surface area contributed by atoms with Gasteiger partial charge in [-0.25, -0.2) is 9.59 Å². The molecule has 0 aliphatic heterocycles. The Morgan fingerprint density at radius 3 is 1.78 bits per heavy atom. The highest BCUT2D eigenvalue weighted by atomic mass is 16.5. The number of nitrogens with zero attached hydrogens (tertiary/aromatic N) is 2. The van der Waals surface area contributed by atoms with Crippen LogP contribution in [0.25, 0.3) is 0 Å². The Morgan fingerprint density at radius 1 is 0.677 bits per heavy atom. The Kier molecular flexibility index (Phi) is 20.2. The van der Waals surface area contributed by atoms with E-state index in [0.717, 1.165) is 57.9 Å². The fourth-order valence-corrected chi connectivity index (χ4v) is 13.7. The first-order chi connectivity index (χ1) is 31.5. The number of hydrogen-bond donors (Lipinski definition) is 2. The van der Waals surface area contributed by atoms with Crippen molar-refractivity contribution >= 4 is 17.8 Å². The largest absolute Gasteiger partial charge is 0.458 e. The molecule has 2 aromatic rings. The van der Waals surface area contributed by atoms with Gasteiger partial charge in [0.2, 0.25) is 19.0 Å². The van der Waals surface area contributed by atoms with E-state index in [2.05, 4.69) is 33.0 Å². The van der Waals surface area contributed by atoms with Crippen molar-refractivity contribution in [2.24, 2.45) is 46.3 Å². The Hall–Kier alpha value is -3.33. The van der Waals surface area contributed by atoms with Crippen LogP contribution in [0.4, 0.5) is 0 Å². The highest BCUT2D eigenvalue weighted by molar-refractivity contribution is 5.75. The lowest BCUT2D eigenvalue weighted by Crippen LogP contribution is -2.63. The summed E-state index contributed by atoms with van der Waals surface area (Å²) in [7, 11) is 0. The maximum Gasteiger partial charge on any atom is 0.372 e. The van der Waals surface area contributed by atoms with Gasteiger partial charge in [0, 0.05) is 43.1 Å². The van der Waals surface area contributed by atoms with E-state index in [4.69, 9.17) is 9.47 Å². The molecule has 4 saturated carbocycles. The number of rotatable bonds is 27. The third-order valence-corrected chi connectivity index (χ3v) is 17.4. The quantitative estimate of drug-likeness (QED) is 0.0525. The predicted molar refractivity (Wildman–Crippen MR) is 256 cm³/mol. The van der Waals surface area contributed by atoms with Crippen molar-refractivity contribution < 1.29 is 38.1 Å². The molecule has 0 radical (unpaired) electrons. The maximum atomic E-state index is 13.8. The lowest BCUT2D eigenvalue weighted by molar-refractivity contribution is -0.686. The molecule has 362 valence electrons. The summed E-state index contributed by atoms with van der Waals surface area (Å²) >= 11 is 0. The van der Waals surface area contributed by atoms with E-state index in [-0.39, 0.29) is 83.6 Å². The molecule has 2 heterocycles. The zero-order valence-electron chi connectivity index (χ0n) is 41.2. The van der Waals surface area contributed by atoms with E-state index in [1.54, 1.807) is 0 Å². The second-order valence-electron chi connectivity index (χ2n) is 21.7. The van der Waals surface area contributed by atoms with Gasteiger partial charge >= 0.3 is 11.9 Å². The summed E-state index contributed by atoms with van der Waals surface area (Å²) in [6.45, 7) is 10.4. The van der Waals surface area contributed by atoms with E-state index < -0.39 is 6.10 Å². The number of carbonyl (C=O) groups excluding carboxylic acids is 3.